The first-order valence-corrected chi connectivity index (χ1v) is 6.87. The van der Waals surface area contributed by atoms with Crippen molar-refractivity contribution in [1.29, 1.82) is 0 Å². The second-order valence-electron chi connectivity index (χ2n) is 4.37. The second-order valence-corrected chi connectivity index (χ2v) is 5.22. The number of nitrogens with two attached hydrogens (primary N) is 1. The zero-order valence-electron chi connectivity index (χ0n) is 9.88. The van der Waals surface area contributed by atoms with Gasteiger partial charge in [-0.25, -0.2) is 0 Å². The van der Waals surface area contributed by atoms with Crippen LogP contribution in [0.1, 0.15) is 32.1 Å². The molecule has 0 bridgehead atoms. The van der Waals surface area contributed by atoms with Crippen LogP contribution in [0.3, 0.4) is 0 Å². The van der Waals surface area contributed by atoms with Crippen LogP contribution in [0.2, 0.25) is 0 Å². The maximum Gasteiger partial charge on any atom is 0.0750 e. The molecule has 0 aromatic carbocycles. The van der Waals surface area contributed by atoms with Crippen molar-refractivity contribution in [2.24, 2.45) is 0 Å². The van der Waals surface area contributed by atoms with Gasteiger partial charge in [-0.05, 0) is 48.0 Å². The van der Waals surface area contributed by atoms with Gasteiger partial charge in [0.25, 0.3) is 0 Å². The van der Waals surface area contributed by atoms with E-state index in [0.29, 0.717) is 5.69 Å². The van der Waals surface area contributed by atoms with E-state index >= 15 is 0 Å². The van der Waals surface area contributed by atoms with Crippen molar-refractivity contribution in [2.45, 2.75) is 32.1 Å². The summed E-state index contributed by atoms with van der Waals surface area (Å²) in [7, 11) is 0. The molecule has 1 aromatic rings. The fraction of sp³-hybridized carbons (Fsp3) is 0.462. The maximum absolute atomic E-state index is 5.87. The second kappa shape index (κ2) is 6.05. The van der Waals surface area contributed by atoms with E-state index < -0.39 is 0 Å². The van der Waals surface area contributed by atoms with Crippen molar-refractivity contribution < 1.29 is 0 Å². The zero-order chi connectivity index (χ0) is 12.1. The van der Waals surface area contributed by atoms with Crippen LogP contribution in [0.25, 0.3) is 0 Å². The van der Waals surface area contributed by atoms with Crippen molar-refractivity contribution in [3.8, 4) is 0 Å². The molecule has 0 saturated carbocycles. The van der Waals surface area contributed by atoms with Gasteiger partial charge in [0.2, 0.25) is 0 Å². The van der Waals surface area contributed by atoms with Crippen molar-refractivity contribution in [3.63, 3.8) is 0 Å². The SMILES string of the molecule is Nc1cncc(Br)c1NCCC1=CCCCC1. The summed E-state index contributed by atoms with van der Waals surface area (Å²) in [5, 5.41) is 3.38. The number of halogens is 1. The molecule has 1 aromatic heterocycles. The molecule has 0 radical (unpaired) electrons. The summed E-state index contributed by atoms with van der Waals surface area (Å²) < 4.78 is 0.926. The Balaban J connectivity index is 1.87. The lowest BCUT2D eigenvalue weighted by Gasteiger charge is -2.14. The van der Waals surface area contributed by atoms with E-state index in [1.165, 1.54) is 25.7 Å². The predicted molar refractivity (Wildman–Crippen MR) is 76.0 cm³/mol. The molecule has 3 nitrogen and oxygen atoms in total. The van der Waals surface area contributed by atoms with Gasteiger partial charge < -0.3 is 11.1 Å². The molecule has 17 heavy (non-hydrogen) atoms. The highest BCUT2D eigenvalue weighted by molar-refractivity contribution is 9.10. The van der Waals surface area contributed by atoms with Gasteiger partial charge in [0.1, 0.15) is 0 Å². The van der Waals surface area contributed by atoms with E-state index in [9.17, 15) is 0 Å². The lowest BCUT2D eigenvalue weighted by Crippen LogP contribution is -2.07. The molecule has 0 amide bonds. The number of pyridine rings is 1. The highest BCUT2D eigenvalue weighted by Gasteiger charge is 2.06. The topological polar surface area (TPSA) is 50.9 Å². The maximum atomic E-state index is 5.87. The minimum atomic E-state index is 0.692. The lowest BCUT2D eigenvalue weighted by atomic mass is 9.97. The number of rotatable bonds is 4. The van der Waals surface area contributed by atoms with Crippen LogP contribution in [-0.2, 0) is 0 Å². The van der Waals surface area contributed by atoms with Crippen LogP contribution in [-0.4, -0.2) is 11.5 Å². The average molecular weight is 296 g/mol. The van der Waals surface area contributed by atoms with Gasteiger partial charge in [0, 0.05) is 12.7 Å². The van der Waals surface area contributed by atoms with Gasteiger partial charge in [-0.1, -0.05) is 11.6 Å². The quantitative estimate of drug-likeness (QED) is 0.832. The Kier molecular flexibility index (Phi) is 4.42. The zero-order valence-corrected chi connectivity index (χ0v) is 11.5. The van der Waals surface area contributed by atoms with E-state index in [1.807, 2.05) is 0 Å². The van der Waals surface area contributed by atoms with E-state index in [0.717, 1.165) is 23.1 Å². The number of nitrogens with zero attached hydrogens (tertiary/aromatic N) is 1. The van der Waals surface area contributed by atoms with Gasteiger partial charge in [-0.15, -0.1) is 0 Å². The Labute approximate surface area is 111 Å². The molecular formula is C13H18BrN3. The van der Waals surface area contributed by atoms with E-state index in [2.05, 4.69) is 32.3 Å². The average Bonchev–Trinajstić information content (AvgIpc) is 2.34. The molecule has 0 saturated heterocycles. The van der Waals surface area contributed by atoms with E-state index in [1.54, 1.807) is 18.0 Å². The minimum absolute atomic E-state index is 0.692. The number of hydrogen-bond acceptors (Lipinski definition) is 3. The third-order valence-electron chi connectivity index (χ3n) is 3.06. The summed E-state index contributed by atoms with van der Waals surface area (Å²) >= 11 is 3.45. The molecule has 0 aliphatic heterocycles. The number of allylic oxidation sites excluding steroid dienone is 1. The molecule has 0 unspecified atom stereocenters. The van der Waals surface area contributed by atoms with Crippen molar-refractivity contribution in [3.05, 3.63) is 28.5 Å². The summed E-state index contributed by atoms with van der Waals surface area (Å²) in [6.07, 6.45) is 12.1. The highest BCUT2D eigenvalue weighted by Crippen LogP contribution is 2.27. The third kappa shape index (κ3) is 3.46. The third-order valence-corrected chi connectivity index (χ3v) is 3.66. The Hall–Kier alpha value is -1.03. The number of nitrogen functional groups attached to an aromatic ring is 1. The van der Waals surface area contributed by atoms with Crippen LogP contribution < -0.4 is 11.1 Å². The summed E-state index contributed by atoms with van der Waals surface area (Å²) in [5.74, 6) is 0. The van der Waals surface area contributed by atoms with Crippen LogP contribution >= 0.6 is 15.9 Å². The van der Waals surface area contributed by atoms with E-state index in [-0.39, 0.29) is 0 Å². The van der Waals surface area contributed by atoms with Crippen LogP contribution in [0.5, 0.6) is 0 Å². The molecule has 4 heteroatoms. The molecule has 1 aliphatic rings. The summed E-state index contributed by atoms with van der Waals surface area (Å²) in [6.45, 7) is 0.929. The highest BCUT2D eigenvalue weighted by atomic mass is 79.9. The van der Waals surface area contributed by atoms with Crippen LogP contribution in [0, 0.1) is 0 Å². The van der Waals surface area contributed by atoms with Crippen LogP contribution in [0.15, 0.2) is 28.5 Å². The molecule has 92 valence electrons. The Bertz CT molecular complexity index is 395. The van der Waals surface area contributed by atoms with Gasteiger partial charge >= 0.3 is 0 Å². The Morgan fingerprint density at radius 3 is 2.94 bits per heavy atom. The van der Waals surface area contributed by atoms with Crippen molar-refractivity contribution in [1.82, 2.24) is 4.98 Å². The number of hydrogen-bond donors (Lipinski definition) is 2. The van der Waals surface area contributed by atoms with Crippen molar-refractivity contribution >= 4 is 27.3 Å². The van der Waals surface area contributed by atoms with Gasteiger partial charge in [0.15, 0.2) is 0 Å². The summed E-state index contributed by atoms with van der Waals surface area (Å²) in [6, 6.07) is 0. The van der Waals surface area contributed by atoms with Gasteiger partial charge in [0.05, 0.1) is 22.0 Å². The molecule has 2 rings (SSSR count). The first-order valence-electron chi connectivity index (χ1n) is 6.08. The minimum Gasteiger partial charge on any atom is -0.396 e. The monoisotopic (exact) mass is 295 g/mol. The van der Waals surface area contributed by atoms with Crippen molar-refractivity contribution in [2.75, 3.05) is 17.6 Å². The molecule has 3 N–H and O–H groups in total. The first kappa shape index (κ1) is 12.4. The first-order chi connectivity index (χ1) is 8.27. The fourth-order valence-electron chi connectivity index (χ4n) is 2.12. The number of anilines is 2. The molecule has 0 spiro atoms. The number of aromatic nitrogens is 1. The number of nitrogens with one attached hydrogen (secondary N) is 1. The normalized spacial score (nSPS) is 15.5. The molecule has 0 atom stereocenters. The van der Waals surface area contributed by atoms with Crippen LogP contribution in [0.4, 0.5) is 11.4 Å². The predicted octanol–water partition coefficient (Wildman–Crippen LogP) is 3.73. The van der Waals surface area contributed by atoms with E-state index in [4.69, 9.17) is 5.73 Å². The van der Waals surface area contributed by atoms with Gasteiger partial charge in [-0.3, -0.25) is 4.98 Å². The summed E-state index contributed by atoms with van der Waals surface area (Å²) in [4.78, 5) is 4.02. The fourth-order valence-corrected chi connectivity index (χ4v) is 2.60. The Morgan fingerprint density at radius 2 is 2.24 bits per heavy atom. The largest absolute Gasteiger partial charge is 0.396 e. The smallest absolute Gasteiger partial charge is 0.0750 e. The molecule has 0 fully saturated rings. The lowest BCUT2D eigenvalue weighted by molar-refractivity contribution is 0.679. The Morgan fingerprint density at radius 1 is 1.35 bits per heavy atom. The molecule has 1 aliphatic carbocycles. The standard InChI is InChI=1S/C13H18BrN3/c14-11-8-16-9-12(15)13(11)17-7-6-10-4-2-1-3-5-10/h4,8-9H,1-3,5-7,15H2,(H,16,17). The summed E-state index contributed by atoms with van der Waals surface area (Å²) in [5.41, 5.74) is 9.09. The van der Waals surface area contributed by atoms with Gasteiger partial charge in [-0.2, -0.15) is 0 Å². The molecule has 1 heterocycles. The molecular weight excluding hydrogens is 278 g/mol.